The zero-order valence-electron chi connectivity index (χ0n) is 24.7. The Kier molecular flexibility index (Phi) is 7.24. The molecule has 2 bridgehead atoms. The van der Waals surface area contributed by atoms with Crippen molar-refractivity contribution in [2.24, 2.45) is 40.4 Å². The summed E-state index contributed by atoms with van der Waals surface area (Å²) in [4.78, 5) is 53.1. The number of aliphatic hydroxyl groups is 3. The number of carbonyl (C=O) groups excluding carboxylic acids is 4. The van der Waals surface area contributed by atoms with Crippen LogP contribution in [0.1, 0.15) is 61.3 Å². The summed E-state index contributed by atoms with van der Waals surface area (Å²) in [5.41, 5.74) is -3.93. The van der Waals surface area contributed by atoms with Crippen molar-refractivity contribution in [3.8, 4) is 0 Å². The van der Waals surface area contributed by atoms with Gasteiger partial charge < -0.3 is 34.3 Å². The van der Waals surface area contributed by atoms with Gasteiger partial charge in [0, 0.05) is 17.3 Å². The number of hydrogen-bond donors (Lipinski definition) is 3. The fraction of sp³-hybridized carbons (Fsp3) is 0.800. The van der Waals surface area contributed by atoms with Gasteiger partial charge in [0.2, 0.25) is 6.10 Å². The third-order valence-electron chi connectivity index (χ3n) is 11.2. The summed E-state index contributed by atoms with van der Waals surface area (Å²) in [6, 6.07) is 0. The maximum Gasteiger partial charge on any atom is 0.348 e. The monoisotopic (exact) mass is 578 g/mol. The molecule has 228 valence electrons. The van der Waals surface area contributed by atoms with Crippen molar-refractivity contribution >= 4 is 23.7 Å². The molecule has 0 aromatic rings. The molecule has 2 aliphatic heterocycles. The van der Waals surface area contributed by atoms with Crippen molar-refractivity contribution in [2.75, 3.05) is 6.61 Å². The molecule has 41 heavy (non-hydrogen) atoms. The van der Waals surface area contributed by atoms with E-state index in [2.05, 4.69) is 0 Å². The Labute approximate surface area is 239 Å². The number of esters is 3. The number of rotatable bonds is 6. The van der Waals surface area contributed by atoms with Crippen LogP contribution >= 0.6 is 0 Å². The molecule has 0 aromatic carbocycles. The SMILES string of the molecule is CC[C@H](C)C(=O)O[C@@H]1[C@H]2C(C)=CC(=O)[C@@H](O)[C@]2(C)[C@H]2[C@@H](O)[C@H](O)[C@@]3(C)OC[C@@]24[C@@H]1OC(=O)[C@H](OC(=O)[C@@H](C)CC)[C@@H]34. The maximum absolute atomic E-state index is 13.7. The first kappa shape index (κ1) is 30.1. The van der Waals surface area contributed by atoms with Crippen molar-refractivity contribution in [2.45, 2.75) is 104 Å². The lowest BCUT2D eigenvalue weighted by atomic mass is 9.37. The summed E-state index contributed by atoms with van der Waals surface area (Å²) in [5.74, 6) is -6.58. The molecule has 1 spiro atoms. The van der Waals surface area contributed by atoms with E-state index >= 15 is 0 Å². The summed E-state index contributed by atoms with van der Waals surface area (Å²) in [6.07, 6.45) is -6.29. The van der Waals surface area contributed by atoms with Crippen molar-refractivity contribution in [3.63, 3.8) is 0 Å². The lowest BCUT2D eigenvalue weighted by Gasteiger charge is -2.69. The summed E-state index contributed by atoms with van der Waals surface area (Å²) in [5, 5.41) is 34.9. The molecule has 3 aliphatic carbocycles. The second kappa shape index (κ2) is 9.86. The highest BCUT2D eigenvalue weighted by molar-refractivity contribution is 5.96. The van der Waals surface area contributed by atoms with Crippen molar-refractivity contribution in [1.29, 1.82) is 0 Å². The van der Waals surface area contributed by atoms with Gasteiger partial charge in [-0.05, 0) is 32.8 Å². The van der Waals surface area contributed by atoms with Gasteiger partial charge in [0.1, 0.15) is 30.0 Å². The standard InChI is InChI=1S/C30H42O11/c1-8-12(3)25(35)39-18-16-14(5)10-15(31)22(33)28(16,6)20-17(32)23(34)29(7)21-19(40-26(36)13(4)9-2)27(37)41-24(18)30(20,21)11-38-29/h10,12-13,16-24,32-34H,8-9,11H2,1-7H3/t12-,13-,16+,17+,18+,19+,20+,21-,22+,23-,24+,28-,29-,30+/m0/s1. The van der Waals surface area contributed by atoms with E-state index in [0.29, 0.717) is 18.4 Å². The minimum Gasteiger partial charge on any atom is -0.458 e. The average molecular weight is 579 g/mol. The van der Waals surface area contributed by atoms with E-state index in [-0.39, 0.29) is 6.61 Å². The third-order valence-corrected chi connectivity index (χ3v) is 11.2. The van der Waals surface area contributed by atoms with E-state index < -0.39 is 106 Å². The van der Waals surface area contributed by atoms with E-state index in [9.17, 15) is 34.5 Å². The van der Waals surface area contributed by atoms with E-state index in [1.807, 2.05) is 6.92 Å². The van der Waals surface area contributed by atoms with Gasteiger partial charge in [-0.2, -0.15) is 0 Å². The summed E-state index contributed by atoms with van der Waals surface area (Å²) in [6.45, 7) is 11.7. The van der Waals surface area contributed by atoms with Gasteiger partial charge >= 0.3 is 17.9 Å². The molecule has 5 rings (SSSR count). The molecule has 11 nitrogen and oxygen atoms in total. The summed E-state index contributed by atoms with van der Waals surface area (Å²) >= 11 is 0. The smallest absolute Gasteiger partial charge is 0.348 e. The van der Waals surface area contributed by atoms with Gasteiger partial charge in [-0.1, -0.05) is 40.2 Å². The number of ether oxygens (including phenoxy) is 4. The van der Waals surface area contributed by atoms with Gasteiger partial charge in [0.15, 0.2) is 5.78 Å². The van der Waals surface area contributed by atoms with Crippen molar-refractivity contribution in [3.05, 3.63) is 11.6 Å². The van der Waals surface area contributed by atoms with Crippen LogP contribution in [0.4, 0.5) is 0 Å². The van der Waals surface area contributed by atoms with Crippen LogP contribution in [0, 0.1) is 40.4 Å². The Morgan fingerprint density at radius 3 is 2.20 bits per heavy atom. The van der Waals surface area contributed by atoms with Gasteiger partial charge in [-0.3, -0.25) is 14.4 Å². The Morgan fingerprint density at radius 1 is 1.02 bits per heavy atom. The maximum atomic E-state index is 13.7. The molecule has 0 amide bonds. The highest BCUT2D eigenvalue weighted by Gasteiger charge is 2.84. The number of aliphatic hydroxyl groups excluding tert-OH is 3. The van der Waals surface area contributed by atoms with Crippen LogP contribution in [0.2, 0.25) is 0 Å². The lowest BCUT2D eigenvalue weighted by molar-refractivity contribution is -0.319. The Balaban J connectivity index is 1.75. The largest absolute Gasteiger partial charge is 0.458 e. The second-order valence-corrected chi connectivity index (χ2v) is 13.2. The van der Waals surface area contributed by atoms with Crippen LogP contribution in [0.5, 0.6) is 0 Å². The Morgan fingerprint density at radius 2 is 1.61 bits per heavy atom. The zero-order valence-corrected chi connectivity index (χ0v) is 24.7. The topological polar surface area (TPSA) is 166 Å². The predicted molar refractivity (Wildman–Crippen MR) is 141 cm³/mol. The molecule has 0 unspecified atom stereocenters. The number of carbonyl (C=O) groups is 4. The molecule has 5 aliphatic rings. The van der Waals surface area contributed by atoms with E-state index in [1.165, 1.54) is 6.08 Å². The number of hydrogen-bond acceptors (Lipinski definition) is 11. The molecule has 0 aromatic heterocycles. The first-order valence-electron chi connectivity index (χ1n) is 14.6. The molecule has 14 atom stereocenters. The van der Waals surface area contributed by atoms with E-state index in [4.69, 9.17) is 18.9 Å². The quantitative estimate of drug-likeness (QED) is 0.305. The summed E-state index contributed by atoms with van der Waals surface area (Å²) < 4.78 is 24.3. The van der Waals surface area contributed by atoms with Crippen molar-refractivity contribution in [1.82, 2.24) is 0 Å². The van der Waals surface area contributed by atoms with Crippen LogP contribution in [-0.4, -0.2) is 87.8 Å². The van der Waals surface area contributed by atoms with Gasteiger partial charge in [0.05, 0.1) is 35.9 Å². The lowest BCUT2D eigenvalue weighted by Crippen LogP contribution is -2.81. The number of ketones is 1. The van der Waals surface area contributed by atoms with Gasteiger partial charge in [0.25, 0.3) is 0 Å². The molecule has 4 fully saturated rings. The van der Waals surface area contributed by atoms with Crippen molar-refractivity contribution < 1.29 is 53.4 Å². The third kappa shape index (κ3) is 3.77. The van der Waals surface area contributed by atoms with E-state index in [0.717, 1.165) is 0 Å². The minimum atomic E-state index is -1.63. The molecule has 0 radical (unpaired) electrons. The van der Waals surface area contributed by atoms with Crippen LogP contribution in [-0.2, 0) is 38.1 Å². The second-order valence-electron chi connectivity index (χ2n) is 13.2. The molecular formula is C30H42O11. The van der Waals surface area contributed by atoms with Gasteiger partial charge in [-0.25, -0.2) is 4.79 Å². The van der Waals surface area contributed by atoms with Crippen LogP contribution in [0.25, 0.3) is 0 Å². The predicted octanol–water partition coefficient (Wildman–Crippen LogP) is 1.10. The van der Waals surface area contributed by atoms with Crippen LogP contribution in [0.3, 0.4) is 0 Å². The fourth-order valence-corrected chi connectivity index (χ4v) is 8.74. The molecular weight excluding hydrogens is 536 g/mol. The van der Waals surface area contributed by atoms with Crippen LogP contribution in [0.15, 0.2) is 11.6 Å². The molecule has 2 heterocycles. The molecule has 3 N–H and O–H groups in total. The van der Waals surface area contributed by atoms with Gasteiger partial charge in [-0.15, -0.1) is 0 Å². The molecule has 2 saturated carbocycles. The Bertz CT molecular complexity index is 1180. The minimum absolute atomic E-state index is 0.161. The summed E-state index contributed by atoms with van der Waals surface area (Å²) in [7, 11) is 0. The number of fused-ring (bicyclic) bond motifs is 2. The molecule has 11 heteroatoms. The first-order chi connectivity index (χ1) is 19.1. The highest BCUT2D eigenvalue weighted by atomic mass is 16.6. The normalized spacial score (nSPS) is 47.8. The van der Waals surface area contributed by atoms with E-state index in [1.54, 1.807) is 41.5 Å². The Hall–Kier alpha value is -2.34. The first-order valence-corrected chi connectivity index (χ1v) is 14.6. The highest BCUT2D eigenvalue weighted by Crippen LogP contribution is 2.72. The molecule has 2 saturated heterocycles. The fourth-order valence-electron chi connectivity index (χ4n) is 8.74. The average Bonchev–Trinajstić information content (AvgIpc) is 3.20. The zero-order chi connectivity index (χ0) is 30.4. The van der Waals surface area contributed by atoms with Crippen LogP contribution < -0.4 is 0 Å².